The van der Waals surface area contributed by atoms with Crippen molar-refractivity contribution in [2.45, 2.75) is 25.5 Å². The van der Waals surface area contributed by atoms with E-state index in [-0.39, 0.29) is 18.3 Å². The number of anilines is 1. The summed E-state index contributed by atoms with van der Waals surface area (Å²) in [5.74, 6) is -0.545. The van der Waals surface area contributed by atoms with Crippen LogP contribution in [0.15, 0.2) is 79.0 Å². The Labute approximate surface area is 163 Å². The van der Waals surface area contributed by atoms with Crippen LogP contribution in [0, 0.1) is 0 Å². The van der Waals surface area contributed by atoms with Crippen molar-refractivity contribution in [3.63, 3.8) is 0 Å². The van der Waals surface area contributed by atoms with Gasteiger partial charge in [-0.1, -0.05) is 48.5 Å². The number of cyclic esters (lactones) is 1. The van der Waals surface area contributed by atoms with Crippen LogP contribution < -0.4 is 4.90 Å². The number of amides is 1. The Hall–Kier alpha value is -3.47. The average Bonchev–Trinajstić information content (AvgIpc) is 3.19. The summed E-state index contributed by atoms with van der Waals surface area (Å²) in [6, 6.07) is 23.4. The molecule has 1 amide bonds. The Morgan fingerprint density at radius 2 is 1.79 bits per heavy atom. The second kappa shape index (κ2) is 8.05. The smallest absolute Gasteiger partial charge is 0.306 e. The van der Waals surface area contributed by atoms with Crippen molar-refractivity contribution in [2.24, 2.45) is 0 Å². The van der Waals surface area contributed by atoms with Crippen LogP contribution in [0.3, 0.4) is 0 Å². The Kier molecular flexibility index (Phi) is 5.15. The molecule has 1 aliphatic heterocycles. The van der Waals surface area contributed by atoms with Gasteiger partial charge in [0.25, 0.3) is 5.91 Å². The molecule has 1 atom stereocenters. The van der Waals surface area contributed by atoms with E-state index in [2.05, 4.69) is 4.98 Å². The summed E-state index contributed by atoms with van der Waals surface area (Å²) >= 11 is 0. The molecule has 28 heavy (non-hydrogen) atoms. The van der Waals surface area contributed by atoms with Gasteiger partial charge in [0.15, 0.2) is 6.10 Å². The van der Waals surface area contributed by atoms with Crippen LogP contribution in [0.1, 0.15) is 18.5 Å². The van der Waals surface area contributed by atoms with Gasteiger partial charge in [-0.05, 0) is 35.4 Å². The number of rotatable bonds is 5. The molecule has 0 radical (unpaired) electrons. The fourth-order valence-electron chi connectivity index (χ4n) is 3.31. The fourth-order valence-corrected chi connectivity index (χ4v) is 3.31. The zero-order valence-corrected chi connectivity index (χ0v) is 15.3. The lowest BCUT2D eigenvalue weighted by molar-refractivity contribution is -0.147. The first-order chi connectivity index (χ1) is 13.7. The van der Waals surface area contributed by atoms with Crippen molar-refractivity contribution in [1.82, 2.24) is 4.98 Å². The van der Waals surface area contributed by atoms with Crippen molar-refractivity contribution in [3.8, 4) is 11.1 Å². The molecule has 0 aliphatic carbocycles. The molecule has 1 fully saturated rings. The molecule has 1 aromatic heterocycles. The predicted molar refractivity (Wildman–Crippen MR) is 106 cm³/mol. The third kappa shape index (κ3) is 3.93. The molecule has 0 unspecified atom stereocenters. The number of carbonyl (C=O) groups is 2. The van der Waals surface area contributed by atoms with E-state index < -0.39 is 6.10 Å². The van der Waals surface area contributed by atoms with Gasteiger partial charge in [0.05, 0.1) is 12.2 Å². The highest BCUT2D eigenvalue weighted by atomic mass is 16.6. The molecule has 0 spiro atoms. The minimum Gasteiger partial charge on any atom is -0.452 e. The standard InChI is InChI=1S/C23H20N2O3/c26-22-13-12-21(28-22)23(27)25(16-19-10-4-5-14-24-19)20-11-6-9-18(15-20)17-7-2-1-3-8-17/h1-11,14-15,21H,12-13,16H2/t21-/m1/s1. The predicted octanol–water partition coefficient (Wildman–Crippen LogP) is 3.99. The topological polar surface area (TPSA) is 59.5 Å². The van der Waals surface area contributed by atoms with E-state index in [1.807, 2.05) is 72.8 Å². The average molecular weight is 372 g/mol. The number of hydrogen-bond acceptors (Lipinski definition) is 4. The maximum atomic E-state index is 13.2. The first-order valence-corrected chi connectivity index (χ1v) is 9.27. The highest BCUT2D eigenvalue weighted by molar-refractivity contribution is 5.99. The Balaban J connectivity index is 1.68. The van der Waals surface area contributed by atoms with Crippen LogP contribution in [0.5, 0.6) is 0 Å². The molecule has 0 saturated carbocycles. The van der Waals surface area contributed by atoms with Crippen LogP contribution >= 0.6 is 0 Å². The first kappa shape index (κ1) is 17.9. The SMILES string of the molecule is O=C1CC[C@H](C(=O)N(Cc2ccccn2)c2cccc(-c3ccccc3)c2)O1. The molecule has 1 aliphatic rings. The Morgan fingerprint density at radius 1 is 1.00 bits per heavy atom. The summed E-state index contributed by atoms with van der Waals surface area (Å²) in [6.07, 6.45) is 1.65. The van der Waals surface area contributed by atoms with Crippen LogP contribution in [0.2, 0.25) is 0 Å². The van der Waals surface area contributed by atoms with E-state index in [0.717, 1.165) is 22.5 Å². The molecule has 0 bridgehead atoms. The number of aromatic nitrogens is 1. The van der Waals surface area contributed by atoms with Gasteiger partial charge < -0.3 is 9.64 Å². The molecule has 2 heterocycles. The summed E-state index contributed by atoms with van der Waals surface area (Å²) in [5.41, 5.74) is 3.60. The molecule has 3 aromatic rings. The van der Waals surface area contributed by atoms with E-state index in [9.17, 15) is 9.59 Å². The van der Waals surface area contributed by atoms with E-state index >= 15 is 0 Å². The van der Waals surface area contributed by atoms with Gasteiger partial charge in [0, 0.05) is 24.7 Å². The lowest BCUT2D eigenvalue weighted by Gasteiger charge is -2.25. The minimum atomic E-state index is -0.739. The number of esters is 1. The van der Waals surface area contributed by atoms with E-state index in [4.69, 9.17) is 4.74 Å². The van der Waals surface area contributed by atoms with Crippen LogP contribution in [0.25, 0.3) is 11.1 Å². The number of ether oxygens (including phenoxy) is 1. The first-order valence-electron chi connectivity index (χ1n) is 9.27. The number of pyridine rings is 1. The zero-order valence-electron chi connectivity index (χ0n) is 15.3. The third-order valence-electron chi connectivity index (χ3n) is 4.74. The van der Waals surface area contributed by atoms with Gasteiger partial charge >= 0.3 is 5.97 Å². The molecule has 5 heteroatoms. The fraction of sp³-hybridized carbons (Fsp3) is 0.174. The van der Waals surface area contributed by atoms with Crippen LogP contribution in [-0.2, 0) is 20.9 Å². The number of nitrogens with zero attached hydrogens (tertiary/aromatic N) is 2. The molecule has 2 aromatic carbocycles. The highest BCUT2D eigenvalue weighted by Crippen LogP contribution is 2.27. The van der Waals surface area contributed by atoms with Gasteiger partial charge in [0.2, 0.25) is 0 Å². The van der Waals surface area contributed by atoms with E-state index in [1.165, 1.54) is 0 Å². The third-order valence-corrected chi connectivity index (χ3v) is 4.74. The monoisotopic (exact) mass is 372 g/mol. The van der Waals surface area contributed by atoms with E-state index in [1.54, 1.807) is 11.1 Å². The molecular weight excluding hydrogens is 352 g/mol. The van der Waals surface area contributed by atoms with Crippen molar-refractivity contribution in [2.75, 3.05) is 4.90 Å². The summed E-state index contributed by atoms with van der Waals surface area (Å²) in [5, 5.41) is 0. The molecule has 140 valence electrons. The lowest BCUT2D eigenvalue weighted by Crippen LogP contribution is -2.39. The molecule has 1 saturated heterocycles. The Bertz CT molecular complexity index is 973. The van der Waals surface area contributed by atoms with Gasteiger partial charge in [-0.15, -0.1) is 0 Å². The summed E-state index contributed by atoms with van der Waals surface area (Å²) < 4.78 is 5.23. The molecule has 4 rings (SSSR count). The zero-order chi connectivity index (χ0) is 19.3. The van der Waals surface area contributed by atoms with Gasteiger partial charge in [0.1, 0.15) is 0 Å². The maximum Gasteiger partial charge on any atom is 0.306 e. The van der Waals surface area contributed by atoms with Crippen molar-refractivity contribution >= 4 is 17.6 Å². The Morgan fingerprint density at radius 3 is 2.50 bits per heavy atom. The second-order valence-corrected chi connectivity index (χ2v) is 6.68. The summed E-state index contributed by atoms with van der Waals surface area (Å²) in [6.45, 7) is 0.311. The normalized spacial score (nSPS) is 15.9. The summed E-state index contributed by atoms with van der Waals surface area (Å²) in [4.78, 5) is 30.7. The minimum absolute atomic E-state index is 0.221. The van der Waals surface area contributed by atoms with Gasteiger partial charge in [-0.25, -0.2) is 0 Å². The van der Waals surface area contributed by atoms with Crippen LogP contribution in [-0.4, -0.2) is 23.0 Å². The number of hydrogen-bond donors (Lipinski definition) is 0. The lowest BCUT2D eigenvalue weighted by atomic mass is 10.0. The number of benzene rings is 2. The van der Waals surface area contributed by atoms with Crippen molar-refractivity contribution in [1.29, 1.82) is 0 Å². The van der Waals surface area contributed by atoms with Crippen molar-refractivity contribution < 1.29 is 14.3 Å². The largest absolute Gasteiger partial charge is 0.452 e. The highest BCUT2D eigenvalue weighted by Gasteiger charge is 2.34. The van der Waals surface area contributed by atoms with Crippen molar-refractivity contribution in [3.05, 3.63) is 84.7 Å². The van der Waals surface area contributed by atoms with E-state index in [0.29, 0.717) is 13.0 Å². The molecule has 0 N–H and O–H groups in total. The number of carbonyl (C=O) groups excluding carboxylic acids is 2. The maximum absolute atomic E-state index is 13.2. The summed E-state index contributed by atoms with van der Waals surface area (Å²) in [7, 11) is 0. The second-order valence-electron chi connectivity index (χ2n) is 6.68. The van der Waals surface area contributed by atoms with Gasteiger partial charge in [-0.3, -0.25) is 14.6 Å². The molecule has 5 nitrogen and oxygen atoms in total. The van der Waals surface area contributed by atoms with Crippen LogP contribution in [0.4, 0.5) is 5.69 Å². The molecular formula is C23H20N2O3. The quantitative estimate of drug-likeness (QED) is 0.636. The van der Waals surface area contributed by atoms with Gasteiger partial charge in [-0.2, -0.15) is 0 Å².